The number of aliphatic hydroxyl groups excluding tert-OH is 1. The molecule has 0 rings (SSSR count). The first-order valence-electron chi connectivity index (χ1n) is 10.8. The molecule has 34 heavy (non-hydrogen) atoms. The molecule has 0 aliphatic rings. The molecule has 0 unspecified atom stereocenters. The monoisotopic (exact) mass is 646 g/mol. The minimum atomic E-state index is -0.745. The molecule has 200 valence electrons. The molecule has 0 atom stereocenters. The van der Waals surface area contributed by atoms with Gasteiger partial charge in [-0.05, 0) is 6.42 Å². The zero-order chi connectivity index (χ0) is 25.5. The number of carboxylic acids is 1. The van der Waals surface area contributed by atoms with E-state index in [1.165, 1.54) is 0 Å². The number of carbonyl (C=O) groups is 3. The Morgan fingerprint density at radius 1 is 0.647 bits per heavy atom. The minimum absolute atomic E-state index is 0. The Kier molecular flexibility index (Phi) is 65.5. The van der Waals surface area contributed by atoms with Crippen molar-refractivity contribution in [2.24, 2.45) is 0 Å². The van der Waals surface area contributed by atoms with E-state index in [2.05, 4.69) is 18.6 Å². The predicted molar refractivity (Wildman–Crippen MR) is 121 cm³/mol. The van der Waals surface area contributed by atoms with E-state index in [0.717, 1.165) is 13.0 Å². The number of aliphatic hydroxyl groups is 1. The van der Waals surface area contributed by atoms with E-state index in [1.807, 2.05) is 6.92 Å². The minimum Gasteiger partial charge on any atom is -0.481 e. The van der Waals surface area contributed by atoms with Crippen molar-refractivity contribution in [1.29, 1.82) is 0 Å². The molecule has 10 nitrogen and oxygen atoms in total. The topological polar surface area (TPSA) is 138 Å². The number of carboxylic acid groups (broad SMARTS) is 1. The molecule has 0 aliphatic carbocycles. The zero-order valence-electron chi connectivity index (χ0n) is 21.4. The van der Waals surface area contributed by atoms with Gasteiger partial charge in [0, 0.05) is 91.3 Å². The Bertz CT molecular complexity index is 396. The fraction of sp³-hybridized carbons (Fsp3) is 0.773. The van der Waals surface area contributed by atoms with Gasteiger partial charge in [-0.15, -0.1) is 0 Å². The molecular weight excluding hydrogens is 602 g/mol. The number of hydrogen-bond donors (Lipinski definition) is 2. The third kappa shape index (κ3) is 63.7. The van der Waals surface area contributed by atoms with Crippen molar-refractivity contribution < 1.29 is 114 Å². The van der Waals surface area contributed by atoms with Crippen LogP contribution in [-0.4, -0.2) is 87.6 Å². The Morgan fingerprint density at radius 3 is 1.29 bits per heavy atom. The van der Waals surface area contributed by atoms with Gasteiger partial charge in [0.1, 0.15) is 13.2 Å². The second kappa shape index (κ2) is 46.8. The van der Waals surface area contributed by atoms with Crippen molar-refractivity contribution in [3.63, 3.8) is 0 Å². The zero-order valence-corrected chi connectivity index (χ0v) is 27.1. The SMILES string of the molecule is CCC(=O)O.CCCOCCOC(=O)CC.[CH2-]COCCO.[CH2-]COCCOC(=O)CC.[Y].[Y]. The summed E-state index contributed by atoms with van der Waals surface area (Å²) in [6, 6.07) is 0. The average Bonchev–Trinajstić information content (AvgIpc) is 2.81. The largest absolute Gasteiger partial charge is 0.481 e. The van der Waals surface area contributed by atoms with Crippen molar-refractivity contribution in [1.82, 2.24) is 0 Å². The molecule has 0 saturated carbocycles. The maximum Gasteiger partial charge on any atom is 0.305 e. The first-order chi connectivity index (χ1) is 15.3. The summed E-state index contributed by atoms with van der Waals surface area (Å²) in [5.41, 5.74) is 0. The maximum atomic E-state index is 10.6. The van der Waals surface area contributed by atoms with E-state index in [-0.39, 0.29) is 90.4 Å². The van der Waals surface area contributed by atoms with Gasteiger partial charge in [0.05, 0.1) is 26.4 Å². The van der Waals surface area contributed by atoms with Gasteiger partial charge in [-0.2, -0.15) is 0 Å². The van der Waals surface area contributed by atoms with Crippen LogP contribution in [0.5, 0.6) is 0 Å². The summed E-state index contributed by atoms with van der Waals surface area (Å²) in [4.78, 5) is 30.4. The molecule has 12 heteroatoms. The predicted octanol–water partition coefficient (Wildman–Crippen LogP) is 2.46. The van der Waals surface area contributed by atoms with Gasteiger partial charge in [-0.3, -0.25) is 14.4 Å². The Hall–Kier alpha value is 0.458. The standard InChI is InChI=1S/C8H16O3.C7H13O3.C4H9O2.C3H6O2.2Y/c1-3-5-10-6-7-11-8(9)4-2;1-3-7(8)10-6-5-9-4-2;1-2-6-4-3-5;1-2-3(4)5;;/h3-7H2,1-2H3;2-6H2,1H3;5H,1-4H2;2H2,1H3,(H,4,5);;/q;2*-1;;;. The average molecular weight is 646 g/mol. The molecule has 0 fully saturated rings. The normalized spacial score (nSPS) is 8.56. The molecule has 0 aromatic carbocycles. The Morgan fingerprint density at radius 2 is 1.03 bits per heavy atom. The number of hydrogen-bond acceptors (Lipinski definition) is 9. The summed E-state index contributed by atoms with van der Waals surface area (Å²) in [6.45, 7) is 17.8. The van der Waals surface area contributed by atoms with Crippen LogP contribution in [0.3, 0.4) is 0 Å². The van der Waals surface area contributed by atoms with Crippen LogP contribution >= 0.6 is 0 Å². The van der Waals surface area contributed by atoms with Crippen molar-refractivity contribution in [3.8, 4) is 0 Å². The molecule has 0 spiro atoms. The van der Waals surface area contributed by atoms with E-state index >= 15 is 0 Å². The molecule has 2 N–H and O–H groups in total. The van der Waals surface area contributed by atoms with Crippen molar-refractivity contribution >= 4 is 17.9 Å². The van der Waals surface area contributed by atoms with Crippen molar-refractivity contribution in [2.75, 3.05) is 59.5 Å². The smallest absolute Gasteiger partial charge is 0.305 e. The molecule has 0 bridgehead atoms. The third-order valence-electron chi connectivity index (χ3n) is 2.73. The van der Waals surface area contributed by atoms with Gasteiger partial charge >= 0.3 is 17.9 Å². The van der Waals surface area contributed by atoms with Crippen LogP contribution in [0, 0.1) is 13.8 Å². The quantitative estimate of drug-likeness (QED) is 0.155. The molecule has 2 radical (unpaired) electrons. The molecule has 0 aliphatic heterocycles. The molecule has 0 heterocycles. The van der Waals surface area contributed by atoms with E-state index in [1.54, 1.807) is 20.8 Å². The van der Waals surface area contributed by atoms with Gasteiger partial charge in [0.15, 0.2) is 0 Å². The van der Waals surface area contributed by atoms with Crippen LogP contribution in [0.1, 0.15) is 53.4 Å². The maximum absolute atomic E-state index is 10.6. The number of aliphatic carboxylic acids is 1. The van der Waals surface area contributed by atoms with Crippen molar-refractivity contribution in [2.45, 2.75) is 53.4 Å². The second-order valence-corrected chi connectivity index (χ2v) is 5.46. The second-order valence-electron chi connectivity index (χ2n) is 5.46. The van der Waals surface area contributed by atoms with Crippen LogP contribution in [0.2, 0.25) is 0 Å². The van der Waals surface area contributed by atoms with Crippen LogP contribution < -0.4 is 0 Å². The summed E-state index contributed by atoms with van der Waals surface area (Å²) < 4.78 is 24.0. The van der Waals surface area contributed by atoms with E-state index in [0.29, 0.717) is 59.1 Å². The first kappa shape index (κ1) is 47.6. The van der Waals surface area contributed by atoms with Gasteiger partial charge < -0.3 is 47.7 Å². The fourth-order valence-corrected chi connectivity index (χ4v) is 1.15. The van der Waals surface area contributed by atoms with Gasteiger partial charge in [0.25, 0.3) is 0 Å². The molecular formula is C22H44O10Y2-2. The molecule has 0 aromatic rings. The van der Waals surface area contributed by atoms with E-state index in [9.17, 15) is 14.4 Å². The van der Waals surface area contributed by atoms with E-state index < -0.39 is 5.97 Å². The van der Waals surface area contributed by atoms with Crippen LogP contribution in [0.25, 0.3) is 0 Å². The summed E-state index contributed by atoms with van der Waals surface area (Å²) in [5.74, 6) is -1.09. The summed E-state index contributed by atoms with van der Waals surface area (Å²) >= 11 is 0. The summed E-state index contributed by atoms with van der Waals surface area (Å²) in [5, 5.41) is 15.8. The van der Waals surface area contributed by atoms with Crippen molar-refractivity contribution in [3.05, 3.63) is 13.8 Å². The van der Waals surface area contributed by atoms with Gasteiger partial charge in [-0.25, -0.2) is 0 Å². The van der Waals surface area contributed by atoms with E-state index in [4.69, 9.17) is 29.2 Å². The Balaban J connectivity index is -0.0000000788. The fourth-order valence-electron chi connectivity index (χ4n) is 1.15. The van der Waals surface area contributed by atoms with Crippen LogP contribution in [0.4, 0.5) is 0 Å². The molecule has 0 saturated heterocycles. The first-order valence-corrected chi connectivity index (χ1v) is 10.8. The van der Waals surface area contributed by atoms with Gasteiger partial charge in [-0.1, -0.05) is 40.9 Å². The third-order valence-corrected chi connectivity index (χ3v) is 2.73. The van der Waals surface area contributed by atoms with Crippen LogP contribution in [0.15, 0.2) is 0 Å². The number of rotatable bonds is 15. The molecule has 0 amide bonds. The number of esters is 2. The van der Waals surface area contributed by atoms with Crippen LogP contribution in [-0.2, 0) is 103 Å². The Labute approximate surface area is 256 Å². The summed E-state index contributed by atoms with van der Waals surface area (Å²) in [7, 11) is 0. The van der Waals surface area contributed by atoms with Gasteiger partial charge in [0.2, 0.25) is 0 Å². The summed E-state index contributed by atoms with van der Waals surface area (Å²) in [6.07, 6.45) is 2.08. The number of carbonyl (C=O) groups excluding carboxylic acids is 2. The molecule has 0 aromatic heterocycles. The number of ether oxygens (including phenoxy) is 5.